The van der Waals surface area contributed by atoms with Crippen molar-refractivity contribution in [3.05, 3.63) is 53.6 Å². The van der Waals surface area contributed by atoms with Crippen LogP contribution in [0.5, 0.6) is 0 Å². The SMILES string of the molecule is CCc1ccc2[nH]c(-c3cccc(N(C)C)c3)c(CCCCN)c2c1. The number of aryl methyl sites for hydroxylation is 2. The second-order valence-corrected chi connectivity index (χ2v) is 6.90. The number of anilines is 1. The number of fused-ring (bicyclic) bond motifs is 1. The monoisotopic (exact) mass is 335 g/mol. The third-order valence-electron chi connectivity index (χ3n) is 4.91. The molecule has 0 saturated carbocycles. The maximum absolute atomic E-state index is 5.72. The first-order chi connectivity index (χ1) is 12.1. The number of rotatable bonds is 7. The molecule has 0 spiro atoms. The molecule has 0 amide bonds. The lowest BCUT2D eigenvalue weighted by molar-refractivity contribution is 0.748. The molecule has 1 aromatic heterocycles. The minimum absolute atomic E-state index is 0.758. The summed E-state index contributed by atoms with van der Waals surface area (Å²) in [4.78, 5) is 5.82. The van der Waals surface area contributed by atoms with Gasteiger partial charge in [-0.3, -0.25) is 0 Å². The molecule has 3 rings (SSSR count). The fourth-order valence-corrected chi connectivity index (χ4v) is 3.41. The molecule has 0 saturated heterocycles. The Labute approximate surface area is 150 Å². The average molecular weight is 335 g/mol. The molecule has 0 aliphatic carbocycles. The van der Waals surface area contributed by atoms with E-state index in [1.54, 1.807) is 0 Å². The molecule has 3 N–H and O–H groups in total. The number of hydrogen-bond acceptors (Lipinski definition) is 2. The third-order valence-corrected chi connectivity index (χ3v) is 4.91. The second kappa shape index (κ2) is 7.75. The van der Waals surface area contributed by atoms with Crippen LogP contribution in [-0.2, 0) is 12.8 Å². The van der Waals surface area contributed by atoms with Crippen molar-refractivity contribution in [2.75, 3.05) is 25.5 Å². The number of aromatic amines is 1. The first kappa shape index (κ1) is 17.6. The highest BCUT2D eigenvalue weighted by atomic mass is 15.1. The third kappa shape index (κ3) is 3.72. The number of nitrogens with two attached hydrogens (primary N) is 1. The van der Waals surface area contributed by atoms with Crippen molar-refractivity contribution < 1.29 is 0 Å². The molecule has 0 unspecified atom stereocenters. The van der Waals surface area contributed by atoms with E-state index in [9.17, 15) is 0 Å². The Hall–Kier alpha value is -2.26. The van der Waals surface area contributed by atoms with E-state index in [1.165, 1.54) is 39.0 Å². The molecule has 2 aromatic carbocycles. The summed E-state index contributed by atoms with van der Waals surface area (Å²) >= 11 is 0. The number of nitrogens with one attached hydrogen (secondary N) is 1. The van der Waals surface area contributed by atoms with Gasteiger partial charge in [-0.15, -0.1) is 0 Å². The van der Waals surface area contributed by atoms with Gasteiger partial charge in [0.05, 0.1) is 0 Å². The van der Waals surface area contributed by atoms with Crippen molar-refractivity contribution >= 4 is 16.6 Å². The van der Waals surface area contributed by atoms with Gasteiger partial charge < -0.3 is 15.6 Å². The number of nitrogens with zero attached hydrogens (tertiary/aromatic N) is 1. The summed E-state index contributed by atoms with van der Waals surface area (Å²) in [6, 6.07) is 15.5. The van der Waals surface area contributed by atoms with E-state index in [-0.39, 0.29) is 0 Å². The first-order valence-corrected chi connectivity index (χ1v) is 9.25. The molecule has 0 aliphatic rings. The Kier molecular flexibility index (Phi) is 5.44. The van der Waals surface area contributed by atoms with Crippen molar-refractivity contribution in [3.8, 4) is 11.3 Å². The standard InChI is InChI=1S/C22H29N3/c1-4-16-11-12-21-20(14-16)19(10-5-6-13-23)22(24-21)17-8-7-9-18(15-17)25(2)3/h7-9,11-12,14-15,24H,4-6,10,13,23H2,1-3H3. The van der Waals surface area contributed by atoms with Crippen molar-refractivity contribution in [3.63, 3.8) is 0 Å². The van der Waals surface area contributed by atoms with E-state index in [0.717, 1.165) is 32.2 Å². The molecule has 3 nitrogen and oxygen atoms in total. The van der Waals surface area contributed by atoms with Crippen molar-refractivity contribution in [1.29, 1.82) is 0 Å². The lowest BCUT2D eigenvalue weighted by Gasteiger charge is -2.14. The van der Waals surface area contributed by atoms with E-state index in [0.29, 0.717) is 0 Å². The van der Waals surface area contributed by atoms with Crippen LogP contribution in [-0.4, -0.2) is 25.6 Å². The molecule has 0 atom stereocenters. The number of H-pyrrole nitrogens is 1. The van der Waals surface area contributed by atoms with Gasteiger partial charge in [-0.05, 0) is 67.6 Å². The van der Waals surface area contributed by atoms with Crippen LogP contribution in [0, 0.1) is 0 Å². The van der Waals surface area contributed by atoms with E-state index in [1.807, 2.05) is 0 Å². The van der Waals surface area contributed by atoms with E-state index in [4.69, 9.17) is 5.73 Å². The van der Waals surface area contributed by atoms with Gasteiger partial charge in [0.25, 0.3) is 0 Å². The summed E-state index contributed by atoms with van der Waals surface area (Å²) in [7, 11) is 4.17. The Morgan fingerprint density at radius 2 is 1.88 bits per heavy atom. The summed E-state index contributed by atoms with van der Waals surface area (Å²) in [6.07, 6.45) is 4.32. The zero-order valence-electron chi connectivity index (χ0n) is 15.6. The summed E-state index contributed by atoms with van der Waals surface area (Å²) in [5.74, 6) is 0. The number of hydrogen-bond donors (Lipinski definition) is 2. The van der Waals surface area contributed by atoms with Gasteiger partial charge in [0.15, 0.2) is 0 Å². The summed E-state index contributed by atoms with van der Waals surface area (Å²) in [5.41, 5.74) is 13.5. The quantitative estimate of drug-likeness (QED) is 0.612. The zero-order chi connectivity index (χ0) is 17.8. The van der Waals surface area contributed by atoms with Gasteiger partial charge >= 0.3 is 0 Å². The van der Waals surface area contributed by atoms with Gasteiger partial charge in [0.1, 0.15) is 0 Å². The molecule has 3 heteroatoms. The largest absolute Gasteiger partial charge is 0.378 e. The highest BCUT2D eigenvalue weighted by Gasteiger charge is 2.14. The number of benzene rings is 2. The second-order valence-electron chi connectivity index (χ2n) is 6.90. The Bertz CT molecular complexity index is 846. The Balaban J connectivity index is 2.12. The Morgan fingerprint density at radius 1 is 1.04 bits per heavy atom. The molecule has 25 heavy (non-hydrogen) atoms. The summed E-state index contributed by atoms with van der Waals surface area (Å²) in [6.45, 7) is 2.97. The fourth-order valence-electron chi connectivity index (χ4n) is 3.41. The normalized spacial score (nSPS) is 11.2. The van der Waals surface area contributed by atoms with Gasteiger partial charge in [-0.2, -0.15) is 0 Å². The molecule has 1 heterocycles. The smallest absolute Gasteiger partial charge is 0.0498 e. The van der Waals surface area contributed by atoms with Crippen LogP contribution in [0.15, 0.2) is 42.5 Å². The van der Waals surface area contributed by atoms with E-state index < -0.39 is 0 Å². The van der Waals surface area contributed by atoms with Crippen LogP contribution in [0.25, 0.3) is 22.2 Å². The summed E-state index contributed by atoms with van der Waals surface area (Å²) < 4.78 is 0. The zero-order valence-corrected chi connectivity index (χ0v) is 15.6. The lowest BCUT2D eigenvalue weighted by atomic mass is 9.98. The highest BCUT2D eigenvalue weighted by Crippen LogP contribution is 2.33. The van der Waals surface area contributed by atoms with E-state index >= 15 is 0 Å². The topological polar surface area (TPSA) is 45.0 Å². The molecule has 0 radical (unpaired) electrons. The Morgan fingerprint density at radius 3 is 2.60 bits per heavy atom. The van der Waals surface area contributed by atoms with Crippen LogP contribution in [0.3, 0.4) is 0 Å². The van der Waals surface area contributed by atoms with Gasteiger partial charge in [-0.1, -0.05) is 25.1 Å². The average Bonchev–Trinajstić information content (AvgIpc) is 3.00. The van der Waals surface area contributed by atoms with Crippen LogP contribution < -0.4 is 10.6 Å². The van der Waals surface area contributed by atoms with Gasteiger partial charge in [-0.25, -0.2) is 0 Å². The van der Waals surface area contributed by atoms with Crippen molar-refractivity contribution in [2.24, 2.45) is 5.73 Å². The fraction of sp³-hybridized carbons (Fsp3) is 0.364. The van der Waals surface area contributed by atoms with Crippen LogP contribution >= 0.6 is 0 Å². The maximum atomic E-state index is 5.72. The minimum Gasteiger partial charge on any atom is -0.378 e. The molecule has 132 valence electrons. The molecular weight excluding hydrogens is 306 g/mol. The predicted octanol–water partition coefficient (Wildman–Crippen LogP) is 4.74. The summed E-state index contributed by atoms with van der Waals surface area (Å²) in [5, 5.41) is 1.36. The molecule has 0 aliphatic heterocycles. The lowest BCUT2D eigenvalue weighted by Crippen LogP contribution is -2.08. The molecule has 0 bridgehead atoms. The van der Waals surface area contributed by atoms with Crippen molar-refractivity contribution in [1.82, 2.24) is 4.98 Å². The van der Waals surface area contributed by atoms with Gasteiger partial charge in [0, 0.05) is 41.9 Å². The van der Waals surface area contributed by atoms with Crippen LogP contribution in [0.4, 0.5) is 5.69 Å². The predicted molar refractivity (Wildman–Crippen MR) is 109 cm³/mol. The number of unbranched alkanes of at least 4 members (excludes halogenated alkanes) is 1. The molecule has 3 aromatic rings. The van der Waals surface area contributed by atoms with Gasteiger partial charge in [0.2, 0.25) is 0 Å². The minimum atomic E-state index is 0.758. The molecule has 0 fully saturated rings. The van der Waals surface area contributed by atoms with Crippen molar-refractivity contribution in [2.45, 2.75) is 32.6 Å². The van der Waals surface area contributed by atoms with Crippen LogP contribution in [0.2, 0.25) is 0 Å². The maximum Gasteiger partial charge on any atom is 0.0498 e. The number of aromatic nitrogens is 1. The van der Waals surface area contributed by atoms with E-state index in [2.05, 4.69) is 73.4 Å². The van der Waals surface area contributed by atoms with Crippen LogP contribution in [0.1, 0.15) is 30.9 Å². The highest BCUT2D eigenvalue weighted by molar-refractivity contribution is 5.91. The molecular formula is C22H29N3. The first-order valence-electron chi connectivity index (χ1n) is 9.25.